The maximum atomic E-state index is 5.98. The minimum absolute atomic E-state index is 0.184. The molecule has 0 fully saturated rings. The SMILES string of the molecule is Clc1nnc2ccc(Oc3cccc(-c4ccc(OCc5ccccc5)cc4)c3)nn12. The van der Waals surface area contributed by atoms with E-state index >= 15 is 0 Å². The molecule has 0 spiro atoms. The Morgan fingerprint density at radius 1 is 0.742 bits per heavy atom. The van der Waals surface area contributed by atoms with E-state index in [0.717, 1.165) is 22.4 Å². The summed E-state index contributed by atoms with van der Waals surface area (Å²) < 4.78 is 13.2. The van der Waals surface area contributed by atoms with Gasteiger partial charge in [-0.25, -0.2) is 0 Å². The molecule has 2 heterocycles. The lowest BCUT2D eigenvalue weighted by molar-refractivity contribution is 0.306. The Balaban J connectivity index is 1.30. The maximum Gasteiger partial charge on any atom is 0.246 e. The van der Waals surface area contributed by atoms with E-state index in [1.807, 2.05) is 78.9 Å². The summed E-state index contributed by atoms with van der Waals surface area (Å²) in [4.78, 5) is 0. The first-order chi connectivity index (χ1) is 15.2. The monoisotopic (exact) mass is 428 g/mol. The van der Waals surface area contributed by atoms with E-state index in [4.69, 9.17) is 21.1 Å². The minimum atomic E-state index is 0.184. The summed E-state index contributed by atoms with van der Waals surface area (Å²) in [5.41, 5.74) is 3.77. The van der Waals surface area contributed by atoms with Crippen LogP contribution in [0.5, 0.6) is 17.4 Å². The third-order valence-corrected chi connectivity index (χ3v) is 4.93. The molecule has 0 N–H and O–H groups in total. The number of rotatable bonds is 6. The molecule has 0 unspecified atom stereocenters. The van der Waals surface area contributed by atoms with Crippen LogP contribution in [0.15, 0.2) is 91.0 Å². The van der Waals surface area contributed by atoms with Crippen molar-refractivity contribution in [3.8, 4) is 28.5 Å². The highest BCUT2D eigenvalue weighted by Crippen LogP contribution is 2.28. The number of nitrogens with zero attached hydrogens (tertiary/aromatic N) is 4. The molecule has 7 heteroatoms. The lowest BCUT2D eigenvalue weighted by Gasteiger charge is -2.09. The van der Waals surface area contributed by atoms with Crippen molar-refractivity contribution in [3.63, 3.8) is 0 Å². The second-order valence-corrected chi connectivity index (χ2v) is 7.18. The zero-order valence-electron chi connectivity index (χ0n) is 16.4. The van der Waals surface area contributed by atoms with Crippen LogP contribution < -0.4 is 9.47 Å². The number of fused-ring (bicyclic) bond motifs is 1. The predicted molar refractivity (Wildman–Crippen MR) is 119 cm³/mol. The molecule has 0 saturated carbocycles. The Kier molecular flexibility index (Phi) is 5.21. The molecule has 2 aromatic heterocycles. The van der Waals surface area contributed by atoms with Crippen LogP contribution in [0.4, 0.5) is 0 Å². The van der Waals surface area contributed by atoms with Gasteiger partial charge in [0.2, 0.25) is 11.2 Å². The van der Waals surface area contributed by atoms with Crippen molar-refractivity contribution in [2.24, 2.45) is 0 Å². The third kappa shape index (κ3) is 4.34. The summed E-state index contributed by atoms with van der Waals surface area (Å²) >= 11 is 5.98. The molecule has 5 aromatic rings. The van der Waals surface area contributed by atoms with Crippen molar-refractivity contribution in [2.45, 2.75) is 6.61 Å². The quantitative estimate of drug-likeness (QED) is 0.341. The fourth-order valence-corrected chi connectivity index (χ4v) is 3.31. The first kappa shape index (κ1) is 19.1. The number of ether oxygens (including phenoxy) is 2. The standard InChI is InChI=1S/C24H17ClN4O2/c25-24-27-26-22-13-14-23(28-29(22)24)31-21-8-4-7-19(15-21)18-9-11-20(12-10-18)30-16-17-5-2-1-3-6-17/h1-15H,16H2. The van der Waals surface area contributed by atoms with Gasteiger partial charge in [0, 0.05) is 6.07 Å². The molecule has 0 aliphatic heterocycles. The average Bonchev–Trinajstić information content (AvgIpc) is 3.19. The maximum absolute atomic E-state index is 5.98. The van der Waals surface area contributed by atoms with Gasteiger partial charge in [-0.15, -0.1) is 15.3 Å². The molecule has 0 radical (unpaired) electrons. The van der Waals surface area contributed by atoms with Crippen LogP contribution >= 0.6 is 11.6 Å². The van der Waals surface area contributed by atoms with E-state index in [9.17, 15) is 0 Å². The van der Waals surface area contributed by atoms with Crippen molar-refractivity contribution >= 4 is 17.2 Å². The van der Waals surface area contributed by atoms with Gasteiger partial charge in [-0.1, -0.05) is 54.6 Å². The van der Waals surface area contributed by atoms with Gasteiger partial charge in [0.15, 0.2) is 5.65 Å². The Morgan fingerprint density at radius 3 is 2.42 bits per heavy atom. The first-order valence-corrected chi connectivity index (χ1v) is 10.1. The molecule has 5 rings (SSSR count). The van der Waals surface area contributed by atoms with Crippen molar-refractivity contribution in [3.05, 3.63) is 102 Å². The van der Waals surface area contributed by atoms with Crippen LogP contribution in [0.1, 0.15) is 5.56 Å². The fraction of sp³-hybridized carbons (Fsp3) is 0.0417. The van der Waals surface area contributed by atoms with Crippen molar-refractivity contribution in [1.29, 1.82) is 0 Å². The molecule has 0 bridgehead atoms. The van der Waals surface area contributed by atoms with Gasteiger partial charge in [0.1, 0.15) is 18.1 Å². The van der Waals surface area contributed by atoms with E-state index < -0.39 is 0 Å². The Hall–Kier alpha value is -3.90. The highest BCUT2D eigenvalue weighted by molar-refractivity contribution is 6.28. The van der Waals surface area contributed by atoms with Crippen LogP contribution in [0, 0.1) is 0 Å². The molecular weight excluding hydrogens is 412 g/mol. The van der Waals surface area contributed by atoms with E-state index in [1.165, 1.54) is 4.52 Å². The fourth-order valence-electron chi connectivity index (χ4n) is 3.14. The molecule has 3 aromatic carbocycles. The Morgan fingerprint density at radius 2 is 1.58 bits per heavy atom. The average molecular weight is 429 g/mol. The predicted octanol–water partition coefficient (Wildman–Crippen LogP) is 5.82. The van der Waals surface area contributed by atoms with E-state index in [-0.39, 0.29) is 5.28 Å². The normalized spacial score (nSPS) is 10.9. The van der Waals surface area contributed by atoms with Gasteiger partial charge in [0.25, 0.3) is 0 Å². The number of benzene rings is 3. The molecule has 152 valence electrons. The summed E-state index contributed by atoms with van der Waals surface area (Å²) in [5.74, 6) is 1.89. The minimum Gasteiger partial charge on any atom is -0.489 e. The van der Waals surface area contributed by atoms with Gasteiger partial charge >= 0.3 is 0 Å². The van der Waals surface area contributed by atoms with Crippen LogP contribution in [-0.2, 0) is 6.61 Å². The van der Waals surface area contributed by atoms with Gasteiger partial charge in [-0.2, -0.15) is 4.52 Å². The molecule has 31 heavy (non-hydrogen) atoms. The highest BCUT2D eigenvalue weighted by Gasteiger charge is 2.07. The summed E-state index contributed by atoms with van der Waals surface area (Å²) in [7, 11) is 0. The van der Waals surface area contributed by atoms with Gasteiger partial charge in [-0.05, 0) is 58.6 Å². The van der Waals surface area contributed by atoms with Crippen molar-refractivity contribution in [2.75, 3.05) is 0 Å². The number of hydrogen-bond donors (Lipinski definition) is 0. The molecule has 0 atom stereocenters. The molecular formula is C24H17ClN4O2. The smallest absolute Gasteiger partial charge is 0.246 e. The van der Waals surface area contributed by atoms with Crippen LogP contribution in [0.2, 0.25) is 5.28 Å². The lowest BCUT2D eigenvalue weighted by atomic mass is 10.1. The Labute approximate surface area is 183 Å². The van der Waals surface area contributed by atoms with Gasteiger partial charge in [-0.3, -0.25) is 0 Å². The highest BCUT2D eigenvalue weighted by atomic mass is 35.5. The first-order valence-electron chi connectivity index (χ1n) is 9.68. The Bertz CT molecular complexity index is 1320. The lowest BCUT2D eigenvalue weighted by Crippen LogP contribution is -1.96. The molecule has 0 amide bonds. The molecule has 0 saturated heterocycles. The van der Waals surface area contributed by atoms with E-state index in [0.29, 0.717) is 23.9 Å². The van der Waals surface area contributed by atoms with Crippen molar-refractivity contribution < 1.29 is 9.47 Å². The molecule has 0 aliphatic carbocycles. The summed E-state index contributed by atoms with van der Waals surface area (Å²) in [6, 6.07) is 29.4. The van der Waals surface area contributed by atoms with E-state index in [2.05, 4.69) is 15.3 Å². The van der Waals surface area contributed by atoms with E-state index in [1.54, 1.807) is 12.1 Å². The number of halogens is 1. The largest absolute Gasteiger partial charge is 0.489 e. The third-order valence-electron chi connectivity index (χ3n) is 4.69. The zero-order valence-corrected chi connectivity index (χ0v) is 17.1. The second kappa shape index (κ2) is 8.45. The molecule has 6 nitrogen and oxygen atoms in total. The summed E-state index contributed by atoms with van der Waals surface area (Å²) in [5, 5.41) is 12.2. The molecule has 0 aliphatic rings. The van der Waals surface area contributed by atoms with Crippen molar-refractivity contribution in [1.82, 2.24) is 19.8 Å². The van der Waals surface area contributed by atoms with Gasteiger partial charge < -0.3 is 9.47 Å². The second-order valence-electron chi connectivity index (χ2n) is 6.84. The number of hydrogen-bond acceptors (Lipinski definition) is 5. The topological polar surface area (TPSA) is 61.5 Å². The van der Waals surface area contributed by atoms with Crippen LogP contribution in [0.3, 0.4) is 0 Å². The zero-order chi connectivity index (χ0) is 21.0. The van der Waals surface area contributed by atoms with Crippen LogP contribution in [-0.4, -0.2) is 19.8 Å². The summed E-state index contributed by atoms with van der Waals surface area (Å²) in [6.07, 6.45) is 0. The van der Waals surface area contributed by atoms with Crippen LogP contribution in [0.25, 0.3) is 16.8 Å². The van der Waals surface area contributed by atoms with Gasteiger partial charge in [0.05, 0.1) is 0 Å². The number of aromatic nitrogens is 4. The summed E-state index contributed by atoms with van der Waals surface area (Å²) in [6.45, 7) is 0.539.